The minimum Gasteiger partial charge on any atom is -0.436 e. The van der Waals surface area contributed by atoms with Gasteiger partial charge >= 0.3 is 0 Å². The average molecular weight is 453 g/mol. The van der Waals surface area contributed by atoms with E-state index in [9.17, 15) is 4.79 Å². The van der Waals surface area contributed by atoms with Gasteiger partial charge in [0.2, 0.25) is 11.8 Å². The first kappa shape index (κ1) is 21.0. The van der Waals surface area contributed by atoms with Gasteiger partial charge in [0.25, 0.3) is 0 Å². The fourth-order valence-electron chi connectivity index (χ4n) is 3.95. The topological polar surface area (TPSA) is 55.1 Å². The summed E-state index contributed by atoms with van der Waals surface area (Å²) in [5.74, 6) is 0.346. The van der Waals surface area contributed by atoms with Crippen molar-refractivity contribution in [3.05, 3.63) is 119 Å². The lowest BCUT2D eigenvalue weighted by Crippen LogP contribution is -2.16. The number of rotatable bonds is 6. The molecule has 5 aromatic rings. The Bertz CT molecular complexity index is 1360. The number of oxazole rings is 1. The average Bonchev–Trinajstić information content (AvgIpc) is 3.27. The van der Waals surface area contributed by atoms with Crippen molar-refractivity contribution in [1.29, 1.82) is 0 Å². The lowest BCUT2D eigenvalue weighted by atomic mass is 9.88. The van der Waals surface area contributed by atoms with Crippen LogP contribution in [-0.2, 0) is 4.79 Å². The monoisotopic (exact) mass is 452 g/mol. The molecule has 162 valence electrons. The highest BCUT2D eigenvalue weighted by Gasteiger charge is 2.19. The van der Waals surface area contributed by atoms with Gasteiger partial charge in [-0.1, -0.05) is 84.4 Å². The Labute approximate surface area is 196 Å². The first-order valence-corrected chi connectivity index (χ1v) is 11.1. The number of aromatic nitrogens is 1. The molecule has 1 aromatic heterocycles. The van der Waals surface area contributed by atoms with Crippen LogP contribution in [0.3, 0.4) is 0 Å². The summed E-state index contributed by atoms with van der Waals surface area (Å²) < 4.78 is 5.93. The highest BCUT2D eigenvalue weighted by Crippen LogP contribution is 2.31. The van der Waals surface area contributed by atoms with Gasteiger partial charge in [-0.15, -0.1) is 0 Å². The standard InChI is InChI=1S/C28H21ClN2O2/c29-24-14-8-7-13-22(24)28-31-25-16-15-21(17-26(25)33-28)30-27(32)18-23(19-9-3-1-4-10-19)20-11-5-2-6-12-20/h1-17,23H,18H2,(H,30,32). The second kappa shape index (κ2) is 9.31. The van der Waals surface area contributed by atoms with Crippen LogP contribution in [0.25, 0.3) is 22.6 Å². The van der Waals surface area contributed by atoms with Crippen LogP contribution < -0.4 is 5.32 Å². The summed E-state index contributed by atoms with van der Waals surface area (Å²) in [6, 6.07) is 33.1. The zero-order valence-electron chi connectivity index (χ0n) is 17.7. The lowest BCUT2D eigenvalue weighted by Gasteiger charge is -2.18. The molecule has 0 radical (unpaired) electrons. The van der Waals surface area contributed by atoms with Crippen LogP contribution in [0.4, 0.5) is 5.69 Å². The summed E-state index contributed by atoms with van der Waals surface area (Å²) in [6.07, 6.45) is 0.327. The van der Waals surface area contributed by atoms with Crippen molar-refractivity contribution in [3.63, 3.8) is 0 Å². The van der Waals surface area contributed by atoms with Gasteiger partial charge in [0.15, 0.2) is 5.58 Å². The molecule has 4 aromatic carbocycles. The van der Waals surface area contributed by atoms with Crippen molar-refractivity contribution in [3.8, 4) is 11.5 Å². The minimum atomic E-state index is -0.0714. The first-order chi connectivity index (χ1) is 16.2. The Morgan fingerprint density at radius 2 is 1.48 bits per heavy atom. The molecule has 0 unspecified atom stereocenters. The molecule has 5 heteroatoms. The maximum Gasteiger partial charge on any atom is 0.228 e. The van der Waals surface area contributed by atoms with Gasteiger partial charge in [-0.25, -0.2) is 4.98 Å². The van der Waals surface area contributed by atoms with Crippen molar-refractivity contribution in [2.24, 2.45) is 0 Å². The molecule has 0 spiro atoms. The highest BCUT2D eigenvalue weighted by atomic mass is 35.5. The number of carbonyl (C=O) groups is 1. The van der Waals surface area contributed by atoms with E-state index in [1.807, 2.05) is 66.7 Å². The van der Waals surface area contributed by atoms with Crippen LogP contribution in [0.5, 0.6) is 0 Å². The number of halogens is 1. The Morgan fingerprint density at radius 1 is 0.848 bits per heavy atom. The van der Waals surface area contributed by atoms with Crippen LogP contribution in [-0.4, -0.2) is 10.9 Å². The predicted octanol–water partition coefficient (Wildman–Crippen LogP) is 7.31. The van der Waals surface area contributed by atoms with E-state index in [4.69, 9.17) is 16.0 Å². The van der Waals surface area contributed by atoms with E-state index < -0.39 is 0 Å². The Kier molecular flexibility index (Phi) is 5.92. The van der Waals surface area contributed by atoms with Gasteiger partial charge in [-0.2, -0.15) is 0 Å². The van der Waals surface area contributed by atoms with Crippen LogP contribution in [0.1, 0.15) is 23.5 Å². The second-order valence-corrected chi connectivity index (χ2v) is 8.21. The molecule has 0 aliphatic carbocycles. The molecule has 33 heavy (non-hydrogen) atoms. The molecule has 0 bridgehead atoms. The quantitative estimate of drug-likeness (QED) is 0.294. The van der Waals surface area contributed by atoms with E-state index in [0.29, 0.717) is 34.1 Å². The fraction of sp³-hybridized carbons (Fsp3) is 0.0714. The Balaban J connectivity index is 1.37. The molecule has 4 nitrogen and oxygen atoms in total. The van der Waals surface area contributed by atoms with Crippen molar-refractivity contribution in [1.82, 2.24) is 4.98 Å². The number of carbonyl (C=O) groups excluding carboxylic acids is 1. The van der Waals surface area contributed by atoms with Gasteiger partial charge in [0.1, 0.15) is 5.52 Å². The molecule has 1 heterocycles. The zero-order chi connectivity index (χ0) is 22.6. The second-order valence-electron chi connectivity index (χ2n) is 7.81. The van der Waals surface area contributed by atoms with Crippen molar-refractivity contribution in [2.75, 3.05) is 5.32 Å². The van der Waals surface area contributed by atoms with Gasteiger partial charge in [0, 0.05) is 24.1 Å². The number of anilines is 1. The third-order valence-electron chi connectivity index (χ3n) is 5.57. The van der Waals surface area contributed by atoms with Gasteiger partial charge in [-0.3, -0.25) is 4.79 Å². The molecular weight excluding hydrogens is 432 g/mol. The first-order valence-electron chi connectivity index (χ1n) is 10.7. The third kappa shape index (κ3) is 4.66. The summed E-state index contributed by atoms with van der Waals surface area (Å²) in [6.45, 7) is 0. The molecule has 1 N–H and O–H groups in total. The van der Waals surface area contributed by atoms with Gasteiger partial charge in [-0.05, 0) is 35.4 Å². The molecular formula is C28H21ClN2O2. The SMILES string of the molecule is O=C(CC(c1ccccc1)c1ccccc1)Nc1ccc2nc(-c3ccccc3Cl)oc2c1. The number of amides is 1. The fourth-order valence-corrected chi connectivity index (χ4v) is 4.17. The molecule has 0 fully saturated rings. The summed E-state index contributed by atoms with van der Waals surface area (Å²) in [4.78, 5) is 17.5. The van der Waals surface area contributed by atoms with E-state index >= 15 is 0 Å². The molecule has 0 atom stereocenters. The van der Waals surface area contributed by atoms with E-state index in [1.165, 1.54) is 0 Å². The maximum atomic E-state index is 13.0. The minimum absolute atomic E-state index is 0.0340. The van der Waals surface area contributed by atoms with Gasteiger partial charge < -0.3 is 9.73 Å². The van der Waals surface area contributed by atoms with E-state index in [-0.39, 0.29) is 11.8 Å². The number of nitrogens with zero attached hydrogens (tertiary/aromatic N) is 1. The number of nitrogens with one attached hydrogen (secondary N) is 1. The van der Waals surface area contributed by atoms with Crippen LogP contribution in [0.2, 0.25) is 5.02 Å². The zero-order valence-corrected chi connectivity index (χ0v) is 18.5. The van der Waals surface area contributed by atoms with E-state index in [0.717, 1.165) is 16.7 Å². The number of hydrogen-bond donors (Lipinski definition) is 1. The largest absolute Gasteiger partial charge is 0.436 e. The number of benzene rings is 4. The lowest BCUT2D eigenvalue weighted by molar-refractivity contribution is -0.116. The predicted molar refractivity (Wildman–Crippen MR) is 132 cm³/mol. The molecule has 5 rings (SSSR count). The smallest absolute Gasteiger partial charge is 0.228 e. The molecule has 1 amide bonds. The Hall–Kier alpha value is -3.89. The van der Waals surface area contributed by atoms with Crippen molar-refractivity contribution >= 4 is 34.3 Å². The molecule has 0 aliphatic heterocycles. The molecule has 0 aliphatic rings. The number of fused-ring (bicyclic) bond motifs is 1. The van der Waals surface area contributed by atoms with Crippen molar-refractivity contribution in [2.45, 2.75) is 12.3 Å². The Morgan fingerprint density at radius 3 is 2.15 bits per heavy atom. The summed E-state index contributed by atoms with van der Waals surface area (Å²) in [5, 5.41) is 3.59. The number of hydrogen-bond acceptors (Lipinski definition) is 3. The van der Waals surface area contributed by atoms with Gasteiger partial charge in [0.05, 0.1) is 10.6 Å². The van der Waals surface area contributed by atoms with E-state index in [1.54, 1.807) is 12.1 Å². The molecule has 0 saturated heterocycles. The van der Waals surface area contributed by atoms with Crippen LogP contribution >= 0.6 is 11.6 Å². The van der Waals surface area contributed by atoms with Crippen LogP contribution in [0, 0.1) is 0 Å². The van der Waals surface area contributed by atoms with Crippen molar-refractivity contribution < 1.29 is 9.21 Å². The maximum absolute atomic E-state index is 13.0. The molecule has 0 saturated carbocycles. The summed E-state index contributed by atoms with van der Waals surface area (Å²) >= 11 is 6.28. The third-order valence-corrected chi connectivity index (χ3v) is 5.90. The highest BCUT2D eigenvalue weighted by molar-refractivity contribution is 6.33. The van der Waals surface area contributed by atoms with Crippen LogP contribution in [0.15, 0.2) is 108 Å². The summed E-state index contributed by atoms with van der Waals surface area (Å²) in [7, 11) is 0. The summed E-state index contributed by atoms with van der Waals surface area (Å²) in [5.41, 5.74) is 4.89. The normalized spacial score (nSPS) is 11.1. The van der Waals surface area contributed by atoms with E-state index in [2.05, 4.69) is 34.6 Å².